The molecule has 37 heavy (non-hydrogen) atoms. The van der Waals surface area contributed by atoms with Gasteiger partial charge in [0.2, 0.25) is 5.91 Å². The third-order valence-electron chi connectivity index (χ3n) is 5.87. The highest BCUT2D eigenvalue weighted by atomic mass is 35.5. The molecule has 0 radical (unpaired) electrons. The summed E-state index contributed by atoms with van der Waals surface area (Å²) < 4.78 is 5.80. The van der Waals surface area contributed by atoms with Gasteiger partial charge in [0.15, 0.2) is 0 Å². The summed E-state index contributed by atoms with van der Waals surface area (Å²) in [6.45, 7) is 2.24. The lowest BCUT2D eigenvalue weighted by molar-refractivity contribution is -0.126. The van der Waals surface area contributed by atoms with E-state index in [2.05, 4.69) is 25.3 Å². The van der Waals surface area contributed by atoms with Gasteiger partial charge < -0.3 is 19.9 Å². The zero-order valence-electron chi connectivity index (χ0n) is 20.5. The quantitative estimate of drug-likeness (QED) is 0.330. The van der Waals surface area contributed by atoms with E-state index in [9.17, 15) is 4.79 Å². The van der Waals surface area contributed by atoms with E-state index in [0.29, 0.717) is 23.9 Å². The van der Waals surface area contributed by atoms with Crippen LogP contribution in [0.25, 0.3) is 10.2 Å². The first-order valence-corrected chi connectivity index (χ1v) is 13.0. The molecule has 5 rings (SSSR count). The van der Waals surface area contributed by atoms with Crippen LogP contribution in [0.2, 0.25) is 5.02 Å². The lowest BCUT2D eigenvalue weighted by Crippen LogP contribution is -2.34. The van der Waals surface area contributed by atoms with E-state index in [4.69, 9.17) is 16.3 Å². The molecule has 11 heteroatoms. The van der Waals surface area contributed by atoms with Gasteiger partial charge in [-0.3, -0.25) is 14.8 Å². The van der Waals surface area contributed by atoms with E-state index >= 15 is 0 Å². The number of aromatic nitrogens is 4. The van der Waals surface area contributed by atoms with Crippen LogP contribution in [0.15, 0.2) is 55.3 Å². The van der Waals surface area contributed by atoms with Crippen molar-refractivity contribution in [3.8, 4) is 5.75 Å². The number of likely N-dealkylation sites (N-methyl/N-ethyl adjacent to an activating group) is 1. The average Bonchev–Trinajstić information content (AvgIpc) is 3.27. The molecule has 0 atom stereocenters. The van der Waals surface area contributed by atoms with Gasteiger partial charge in [-0.2, -0.15) is 0 Å². The average molecular weight is 536 g/mol. The van der Waals surface area contributed by atoms with Gasteiger partial charge in [0.25, 0.3) is 0 Å². The highest BCUT2D eigenvalue weighted by Crippen LogP contribution is 2.38. The molecule has 9 nitrogen and oxygen atoms in total. The van der Waals surface area contributed by atoms with Crippen LogP contribution >= 0.6 is 22.9 Å². The Morgan fingerprint density at radius 2 is 2.16 bits per heavy atom. The van der Waals surface area contributed by atoms with Crippen LogP contribution in [0.5, 0.6) is 5.75 Å². The monoisotopic (exact) mass is 535 g/mol. The third kappa shape index (κ3) is 5.87. The fourth-order valence-corrected chi connectivity index (χ4v) is 5.51. The molecular formula is C26H26ClN7O2S. The van der Waals surface area contributed by atoms with E-state index in [0.717, 1.165) is 45.3 Å². The van der Waals surface area contributed by atoms with Gasteiger partial charge >= 0.3 is 0 Å². The summed E-state index contributed by atoms with van der Waals surface area (Å²) in [7, 11) is 3.95. The number of hydrogen-bond acceptors (Lipinski definition) is 9. The minimum absolute atomic E-state index is 0.0330. The van der Waals surface area contributed by atoms with Gasteiger partial charge in [0.05, 0.1) is 28.8 Å². The van der Waals surface area contributed by atoms with Gasteiger partial charge in [-0.1, -0.05) is 17.7 Å². The molecule has 0 saturated carbocycles. The minimum Gasteiger partial charge on any atom is -0.486 e. The van der Waals surface area contributed by atoms with Gasteiger partial charge in [-0.15, -0.1) is 11.3 Å². The van der Waals surface area contributed by atoms with Gasteiger partial charge in [-0.25, -0.2) is 9.97 Å². The van der Waals surface area contributed by atoms with E-state index in [-0.39, 0.29) is 12.5 Å². The lowest BCUT2D eigenvalue weighted by Gasteiger charge is -2.26. The van der Waals surface area contributed by atoms with E-state index in [1.54, 1.807) is 48.4 Å². The number of amides is 1. The number of anilines is 2. The molecule has 3 aromatic heterocycles. The Labute approximate surface area is 223 Å². The Kier molecular flexibility index (Phi) is 7.59. The number of carbonyl (C=O) groups is 1. The standard InChI is InChI=1S/C26H26ClN7O2S/c1-33(2)10-3-4-23(35)34-11-7-19-22(14-34)37-26-24(19)25(30-16-31-26)32-17-5-6-21(20(27)12-17)36-15-18-13-28-8-9-29-18/h3-6,8-9,12-13,16H,7,10-11,14-15H2,1-2H3,(H,30,31,32)/b4-3+. The number of ether oxygens (including phenoxy) is 1. The smallest absolute Gasteiger partial charge is 0.246 e. The number of fused-ring (bicyclic) bond motifs is 3. The molecule has 1 N–H and O–H groups in total. The summed E-state index contributed by atoms with van der Waals surface area (Å²) in [6, 6.07) is 5.52. The zero-order valence-corrected chi connectivity index (χ0v) is 22.1. The maximum atomic E-state index is 12.7. The summed E-state index contributed by atoms with van der Waals surface area (Å²) in [5.74, 6) is 1.31. The topological polar surface area (TPSA) is 96.4 Å². The van der Waals surface area contributed by atoms with Crippen LogP contribution in [0, 0.1) is 0 Å². The molecule has 1 aliphatic rings. The van der Waals surface area contributed by atoms with E-state index in [1.807, 2.05) is 42.1 Å². The maximum Gasteiger partial charge on any atom is 0.246 e. The number of carbonyl (C=O) groups excluding carboxylic acids is 1. The number of nitrogens with zero attached hydrogens (tertiary/aromatic N) is 6. The molecule has 1 amide bonds. The Morgan fingerprint density at radius 1 is 1.27 bits per heavy atom. The van der Waals surface area contributed by atoms with Crippen molar-refractivity contribution < 1.29 is 9.53 Å². The summed E-state index contributed by atoms with van der Waals surface area (Å²) in [5.41, 5.74) is 2.70. The van der Waals surface area contributed by atoms with Crippen LogP contribution in [-0.2, 0) is 24.4 Å². The molecule has 1 aliphatic heterocycles. The number of halogens is 1. The molecule has 4 heterocycles. The number of thiophene rings is 1. The molecule has 0 unspecified atom stereocenters. The van der Waals surface area contributed by atoms with Crippen molar-refractivity contribution in [3.63, 3.8) is 0 Å². The Hall–Kier alpha value is -3.60. The second kappa shape index (κ2) is 11.2. The highest BCUT2D eigenvalue weighted by Gasteiger charge is 2.25. The summed E-state index contributed by atoms with van der Waals surface area (Å²) in [4.78, 5) is 35.9. The second-order valence-electron chi connectivity index (χ2n) is 8.84. The van der Waals surface area contributed by atoms with Gasteiger partial charge in [0.1, 0.15) is 29.3 Å². The Morgan fingerprint density at radius 3 is 2.95 bits per heavy atom. The molecule has 190 valence electrons. The SMILES string of the molecule is CN(C)C/C=C/C(=O)N1CCc2c(sc3ncnc(Nc4ccc(OCc5cnccn5)c(Cl)c4)c23)C1. The van der Waals surface area contributed by atoms with Crippen molar-refractivity contribution >= 4 is 50.6 Å². The van der Waals surface area contributed by atoms with Crippen LogP contribution in [0.4, 0.5) is 11.5 Å². The van der Waals surface area contributed by atoms with Crippen molar-refractivity contribution in [2.45, 2.75) is 19.6 Å². The number of hydrogen-bond donors (Lipinski definition) is 1. The molecular weight excluding hydrogens is 510 g/mol. The van der Waals surface area contributed by atoms with Crippen LogP contribution in [-0.4, -0.2) is 62.8 Å². The predicted molar refractivity (Wildman–Crippen MR) is 145 cm³/mol. The number of nitrogens with one attached hydrogen (secondary N) is 1. The molecule has 0 spiro atoms. The Balaban J connectivity index is 1.31. The largest absolute Gasteiger partial charge is 0.486 e. The Bertz CT molecular complexity index is 1440. The summed E-state index contributed by atoms with van der Waals surface area (Å²) >= 11 is 8.11. The molecule has 0 saturated heterocycles. The van der Waals surface area contributed by atoms with E-state index < -0.39 is 0 Å². The lowest BCUT2D eigenvalue weighted by atomic mass is 10.0. The van der Waals surface area contributed by atoms with Crippen molar-refractivity contribution in [2.75, 3.05) is 32.5 Å². The molecule has 0 aliphatic carbocycles. The van der Waals surface area contributed by atoms with Gasteiger partial charge in [0, 0.05) is 42.1 Å². The zero-order chi connectivity index (χ0) is 25.8. The fourth-order valence-electron chi connectivity index (χ4n) is 4.07. The van der Waals surface area contributed by atoms with Crippen LogP contribution in [0.1, 0.15) is 16.1 Å². The minimum atomic E-state index is 0.0330. The van der Waals surface area contributed by atoms with E-state index in [1.165, 1.54) is 5.56 Å². The first-order chi connectivity index (χ1) is 18.0. The number of benzene rings is 1. The molecule has 0 fully saturated rings. The fraction of sp³-hybridized carbons (Fsp3) is 0.269. The number of rotatable bonds is 8. The summed E-state index contributed by atoms with van der Waals surface area (Å²) in [6.07, 6.45) is 10.8. The molecule has 0 bridgehead atoms. The van der Waals surface area contributed by atoms with Crippen molar-refractivity contribution in [3.05, 3.63) is 76.4 Å². The predicted octanol–water partition coefficient (Wildman–Crippen LogP) is 4.46. The second-order valence-corrected chi connectivity index (χ2v) is 10.3. The first-order valence-electron chi connectivity index (χ1n) is 11.8. The third-order valence-corrected chi connectivity index (χ3v) is 7.29. The summed E-state index contributed by atoms with van der Waals surface area (Å²) in [5, 5.41) is 4.87. The maximum absolute atomic E-state index is 12.7. The van der Waals surface area contributed by atoms with Crippen molar-refractivity contribution in [1.82, 2.24) is 29.7 Å². The van der Waals surface area contributed by atoms with Crippen molar-refractivity contribution in [2.24, 2.45) is 0 Å². The first kappa shape index (κ1) is 25.1. The highest BCUT2D eigenvalue weighted by molar-refractivity contribution is 7.19. The van der Waals surface area contributed by atoms with Crippen LogP contribution < -0.4 is 10.1 Å². The molecule has 4 aromatic rings. The molecule has 1 aromatic carbocycles. The van der Waals surface area contributed by atoms with Crippen LogP contribution in [0.3, 0.4) is 0 Å². The van der Waals surface area contributed by atoms with Crippen molar-refractivity contribution in [1.29, 1.82) is 0 Å². The van der Waals surface area contributed by atoms with Gasteiger partial charge in [-0.05, 0) is 44.3 Å². The normalized spacial score (nSPS) is 13.4.